The van der Waals surface area contributed by atoms with E-state index in [0.717, 1.165) is 46.5 Å². The number of carboxylic acids is 1. The lowest BCUT2D eigenvalue weighted by Crippen LogP contribution is -2.45. The number of thiophene rings is 1. The molecule has 1 atom stereocenters. The van der Waals surface area contributed by atoms with Gasteiger partial charge in [-0.1, -0.05) is 0 Å². The van der Waals surface area contributed by atoms with Gasteiger partial charge >= 0.3 is 5.97 Å². The maximum Gasteiger partial charge on any atom is 0.341 e. The lowest BCUT2D eigenvalue weighted by Gasteiger charge is -2.34. The topological polar surface area (TPSA) is 96.8 Å². The zero-order valence-corrected chi connectivity index (χ0v) is 18.1. The van der Waals surface area contributed by atoms with Crippen LogP contribution in [0.25, 0.3) is 16.0 Å². The maximum absolute atomic E-state index is 12.8. The molecule has 156 valence electrons. The summed E-state index contributed by atoms with van der Waals surface area (Å²) in [5, 5.41) is 13.0. The number of aryl methyl sites for hydroxylation is 1. The first kappa shape index (κ1) is 19.5. The van der Waals surface area contributed by atoms with Gasteiger partial charge in [0.2, 0.25) is 0 Å². The standard InChI is InChI=1S/C23H25N3O3S/c1-11-13(18-9-15-17(24)10-25-23(2,3)20(15)30-18)6-7-26-19(11)14(12-4-5-12)8-16(21(26)27)22(28)29/h6-9,12,17,25H,4-5,10,24H2,1-3H3,(H,28,29). The molecule has 6 nitrogen and oxygen atoms in total. The molecule has 3 aromatic rings. The van der Waals surface area contributed by atoms with Crippen LogP contribution in [0.2, 0.25) is 0 Å². The first-order chi connectivity index (χ1) is 14.2. The molecule has 1 fully saturated rings. The molecule has 7 heteroatoms. The Hall–Kier alpha value is -2.48. The Labute approximate surface area is 178 Å². The molecule has 2 aliphatic rings. The van der Waals surface area contributed by atoms with Gasteiger partial charge in [0.15, 0.2) is 0 Å². The summed E-state index contributed by atoms with van der Waals surface area (Å²) in [6.07, 6.45) is 3.78. The summed E-state index contributed by atoms with van der Waals surface area (Å²) >= 11 is 1.74. The largest absolute Gasteiger partial charge is 0.477 e. The van der Waals surface area contributed by atoms with Crippen LogP contribution in [0.3, 0.4) is 0 Å². The average molecular weight is 424 g/mol. The van der Waals surface area contributed by atoms with Crippen LogP contribution < -0.4 is 16.6 Å². The molecule has 1 unspecified atom stereocenters. The third kappa shape index (κ3) is 2.84. The summed E-state index contributed by atoms with van der Waals surface area (Å²) in [7, 11) is 0. The number of carboxylic acid groups (broad SMARTS) is 1. The SMILES string of the molecule is Cc1c(-c2cc3c(s2)C(C)(C)NCC3N)ccn2c(=O)c(C(=O)O)cc(C3CC3)c12. The number of carbonyl (C=O) groups is 1. The summed E-state index contributed by atoms with van der Waals surface area (Å²) < 4.78 is 1.51. The van der Waals surface area contributed by atoms with Crippen molar-refractivity contribution < 1.29 is 9.90 Å². The maximum atomic E-state index is 12.8. The molecule has 1 aliphatic carbocycles. The molecule has 0 bridgehead atoms. The second-order valence-electron chi connectivity index (χ2n) is 8.98. The van der Waals surface area contributed by atoms with Gasteiger partial charge in [0, 0.05) is 34.1 Å². The fraction of sp³-hybridized carbons (Fsp3) is 0.391. The summed E-state index contributed by atoms with van der Waals surface area (Å²) in [6, 6.07) is 5.67. The molecule has 4 N–H and O–H groups in total. The lowest BCUT2D eigenvalue weighted by atomic mass is 9.90. The Balaban J connectivity index is 1.76. The number of nitrogens with zero attached hydrogens (tertiary/aromatic N) is 1. The first-order valence-corrected chi connectivity index (χ1v) is 11.1. The van der Waals surface area contributed by atoms with Crippen molar-refractivity contribution in [1.82, 2.24) is 9.72 Å². The minimum atomic E-state index is -1.17. The van der Waals surface area contributed by atoms with Crippen molar-refractivity contribution in [3.05, 3.63) is 61.9 Å². The Bertz CT molecular complexity index is 1270. The van der Waals surface area contributed by atoms with Gasteiger partial charge < -0.3 is 16.2 Å². The minimum absolute atomic E-state index is 0.0402. The van der Waals surface area contributed by atoms with Crippen LogP contribution >= 0.6 is 11.3 Å². The van der Waals surface area contributed by atoms with Gasteiger partial charge in [-0.3, -0.25) is 9.20 Å². The predicted molar refractivity (Wildman–Crippen MR) is 119 cm³/mol. The van der Waals surface area contributed by atoms with Gasteiger partial charge in [0.1, 0.15) is 5.56 Å². The smallest absolute Gasteiger partial charge is 0.341 e. The van der Waals surface area contributed by atoms with Gasteiger partial charge in [0.05, 0.1) is 5.52 Å². The molecule has 5 rings (SSSR count). The van der Waals surface area contributed by atoms with Crippen LogP contribution in [0.1, 0.15) is 70.6 Å². The molecule has 3 aromatic heterocycles. The number of fused-ring (bicyclic) bond motifs is 2. The van der Waals surface area contributed by atoms with E-state index in [1.165, 1.54) is 14.8 Å². The van der Waals surface area contributed by atoms with Crippen LogP contribution in [-0.4, -0.2) is 22.0 Å². The number of aromatic nitrogens is 1. The van der Waals surface area contributed by atoms with Crippen molar-refractivity contribution >= 4 is 22.8 Å². The van der Waals surface area contributed by atoms with Crippen LogP contribution in [0, 0.1) is 6.92 Å². The molecule has 4 heterocycles. The van der Waals surface area contributed by atoms with E-state index in [9.17, 15) is 14.7 Å². The Morgan fingerprint density at radius 2 is 2.03 bits per heavy atom. The highest BCUT2D eigenvalue weighted by molar-refractivity contribution is 7.15. The van der Waals surface area contributed by atoms with Crippen LogP contribution in [-0.2, 0) is 5.54 Å². The fourth-order valence-corrected chi connectivity index (χ4v) is 5.97. The summed E-state index contributed by atoms with van der Waals surface area (Å²) in [5.41, 5.74) is 10.7. The van der Waals surface area contributed by atoms with Gasteiger partial charge in [-0.25, -0.2) is 4.79 Å². The van der Waals surface area contributed by atoms with E-state index >= 15 is 0 Å². The molecule has 1 saturated carbocycles. The van der Waals surface area contributed by atoms with Gasteiger partial charge in [-0.15, -0.1) is 11.3 Å². The van der Waals surface area contributed by atoms with Crippen LogP contribution in [0.4, 0.5) is 0 Å². The number of rotatable bonds is 3. The van der Waals surface area contributed by atoms with E-state index in [1.807, 2.05) is 13.0 Å². The Morgan fingerprint density at radius 3 is 2.67 bits per heavy atom. The Morgan fingerprint density at radius 1 is 1.30 bits per heavy atom. The molecule has 0 aromatic carbocycles. The number of pyridine rings is 2. The van der Waals surface area contributed by atoms with Crippen molar-refractivity contribution in [3.63, 3.8) is 0 Å². The summed E-state index contributed by atoms with van der Waals surface area (Å²) in [5.74, 6) is -0.853. The summed E-state index contributed by atoms with van der Waals surface area (Å²) in [6.45, 7) is 7.11. The number of nitrogens with two attached hydrogens (primary N) is 1. The van der Waals surface area contributed by atoms with Gasteiger partial charge in [-0.2, -0.15) is 0 Å². The fourth-order valence-electron chi connectivity index (χ4n) is 4.58. The van der Waals surface area contributed by atoms with Crippen LogP contribution in [0.5, 0.6) is 0 Å². The molecule has 0 saturated heterocycles. The van der Waals surface area contributed by atoms with E-state index in [4.69, 9.17) is 5.73 Å². The molecular formula is C23H25N3O3S. The van der Waals surface area contributed by atoms with Crippen molar-refractivity contribution in [1.29, 1.82) is 0 Å². The number of nitrogens with one attached hydrogen (secondary N) is 1. The van der Waals surface area contributed by atoms with E-state index in [0.29, 0.717) is 5.92 Å². The van der Waals surface area contributed by atoms with E-state index in [-0.39, 0.29) is 17.1 Å². The first-order valence-electron chi connectivity index (χ1n) is 10.3. The molecular weight excluding hydrogens is 398 g/mol. The van der Waals surface area contributed by atoms with Crippen molar-refractivity contribution in [3.8, 4) is 10.4 Å². The number of aromatic carboxylic acids is 1. The Kier molecular flexibility index (Phi) is 4.23. The second kappa shape index (κ2) is 6.51. The highest BCUT2D eigenvalue weighted by atomic mass is 32.1. The minimum Gasteiger partial charge on any atom is -0.477 e. The highest BCUT2D eigenvalue weighted by Crippen LogP contribution is 2.46. The monoisotopic (exact) mass is 423 g/mol. The van der Waals surface area contributed by atoms with Crippen molar-refractivity contribution in [2.45, 2.75) is 51.1 Å². The zero-order chi connectivity index (χ0) is 21.4. The average Bonchev–Trinajstić information content (AvgIpc) is 3.43. The highest BCUT2D eigenvalue weighted by Gasteiger charge is 2.34. The van der Waals surface area contributed by atoms with Crippen molar-refractivity contribution in [2.75, 3.05) is 6.54 Å². The molecule has 0 amide bonds. The third-order valence-corrected chi connectivity index (χ3v) is 7.93. The van der Waals surface area contributed by atoms with E-state index in [2.05, 4.69) is 25.2 Å². The quantitative estimate of drug-likeness (QED) is 0.596. The molecule has 1 aliphatic heterocycles. The molecule has 0 spiro atoms. The summed E-state index contributed by atoms with van der Waals surface area (Å²) in [4.78, 5) is 26.8. The third-order valence-electron chi connectivity index (χ3n) is 6.42. The van der Waals surface area contributed by atoms with Crippen LogP contribution in [0.15, 0.2) is 29.2 Å². The lowest BCUT2D eigenvalue weighted by molar-refractivity contribution is 0.0694. The number of hydrogen-bond acceptors (Lipinski definition) is 5. The number of hydrogen-bond donors (Lipinski definition) is 3. The molecule has 30 heavy (non-hydrogen) atoms. The van der Waals surface area contributed by atoms with Gasteiger partial charge in [0.25, 0.3) is 5.56 Å². The van der Waals surface area contributed by atoms with Gasteiger partial charge in [-0.05, 0) is 80.0 Å². The molecule has 0 radical (unpaired) electrons. The predicted octanol–water partition coefficient (Wildman–Crippen LogP) is 3.75. The van der Waals surface area contributed by atoms with E-state index < -0.39 is 11.5 Å². The second-order valence-corrected chi connectivity index (χ2v) is 10.0. The zero-order valence-electron chi connectivity index (χ0n) is 17.3. The van der Waals surface area contributed by atoms with E-state index in [1.54, 1.807) is 23.6 Å². The van der Waals surface area contributed by atoms with Crippen molar-refractivity contribution in [2.24, 2.45) is 5.73 Å². The normalized spacial score (nSPS) is 20.3.